The maximum atomic E-state index is 13.3. The molecule has 1 aliphatic heterocycles. The molecule has 11 heteroatoms. The molecule has 1 fully saturated rings. The lowest BCUT2D eigenvalue weighted by molar-refractivity contribution is -0.124. The molecule has 0 aliphatic carbocycles. The van der Waals surface area contributed by atoms with Crippen LogP contribution in [0.25, 0.3) is 11.0 Å². The predicted octanol–water partition coefficient (Wildman–Crippen LogP) is 1.53. The number of fused-ring (bicyclic) bond motifs is 1. The largest absolute Gasteiger partial charge is 0.467 e. The van der Waals surface area contributed by atoms with Crippen molar-refractivity contribution in [3.63, 3.8) is 0 Å². The van der Waals surface area contributed by atoms with Crippen LogP contribution < -0.4 is 5.32 Å². The highest BCUT2D eigenvalue weighted by molar-refractivity contribution is 7.89. The van der Waals surface area contributed by atoms with Gasteiger partial charge in [0.25, 0.3) is 0 Å². The third-order valence-corrected chi connectivity index (χ3v) is 7.24. The lowest BCUT2D eigenvalue weighted by Gasteiger charge is -2.23. The standard InChI is InChI=1S/C20H25N5O5S/c1-29-11-4-9-24-18-8-7-16(13-17(18)22-23-24)31(27,28)25-10-2-6-19(25)20(26)21-14-15-5-3-12-30-15/h3,5,7-8,12-13,19H,2,4,6,9-11,14H2,1H3,(H,21,26). The second-order valence-corrected chi connectivity index (χ2v) is 9.27. The Hall–Kier alpha value is -2.76. The minimum Gasteiger partial charge on any atom is -0.467 e. The van der Waals surface area contributed by atoms with Gasteiger partial charge in [0.1, 0.15) is 17.3 Å². The predicted molar refractivity (Wildman–Crippen MR) is 111 cm³/mol. The van der Waals surface area contributed by atoms with E-state index in [0.29, 0.717) is 43.8 Å². The van der Waals surface area contributed by atoms with E-state index >= 15 is 0 Å². The van der Waals surface area contributed by atoms with Gasteiger partial charge in [-0.25, -0.2) is 13.1 Å². The van der Waals surface area contributed by atoms with Crippen molar-refractivity contribution >= 4 is 27.0 Å². The molecule has 1 aliphatic rings. The lowest BCUT2D eigenvalue weighted by Crippen LogP contribution is -2.45. The lowest BCUT2D eigenvalue weighted by atomic mass is 10.2. The number of aryl methyl sites for hydroxylation is 1. The summed E-state index contributed by atoms with van der Waals surface area (Å²) in [5, 5.41) is 11.0. The molecule has 1 aromatic carbocycles. The number of hydrogen-bond donors (Lipinski definition) is 1. The van der Waals surface area contributed by atoms with Gasteiger partial charge in [-0.3, -0.25) is 4.79 Å². The zero-order chi connectivity index (χ0) is 21.8. The number of hydrogen-bond acceptors (Lipinski definition) is 7. The molecule has 3 heterocycles. The first-order valence-corrected chi connectivity index (χ1v) is 11.6. The number of sulfonamides is 1. The van der Waals surface area contributed by atoms with Gasteiger partial charge in [-0.2, -0.15) is 4.31 Å². The minimum absolute atomic E-state index is 0.106. The van der Waals surface area contributed by atoms with E-state index in [-0.39, 0.29) is 17.3 Å². The van der Waals surface area contributed by atoms with Crippen LogP contribution in [-0.2, 0) is 32.6 Å². The van der Waals surface area contributed by atoms with Crippen molar-refractivity contribution in [3.05, 3.63) is 42.4 Å². The van der Waals surface area contributed by atoms with Crippen LogP contribution in [-0.4, -0.2) is 59.9 Å². The average molecular weight is 448 g/mol. The molecule has 1 atom stereocenters. The normalized spacial score (nSPS) is 17.4. The van der Waals surface area contributed by atoms with Crippen LogP contribution in [0, 0.1) is 0 Å². The van der Waals surface area contributed by atoms with Crippen LogP contribution in [0.15, 0.2) is 45.9 Å². The Balaban J connectivity index is 1.51. The van der Waals surface area contributed by atoms with Crippen molar-refractivity contribution in [2.75, 3.05) is 20.3 Å². The van der Waals surface area contributed by atoms with E-state index in [1.54, 1.807) is 36.1 Å². The van der Waals surface area contributed by atoms with Gasteiger partial charge in [0, 0.05) is 26.8 Å². The first kappa shape index (κ1) is 21.5. The summed E-state index contributed by atoms with van der Waals surface area (Å²) in [6.07, 6.45) is 3.40. The maximum absolute atomic E-state index is 13.3. The molecule has 10 nitrogen and oxygen atoms in total. The molecule has 31 heavy (non-hydrogen) atoms. The van der Waals surface area contributed by atoms with E-state index in [9.17, 15) is 13.2 Å². The second-order valence-electron chi connectivity index (χ2n) is 7.38. The Labute approximate surface area is 180 Å². The highest BCUT2D eigenvalue weighted by Crippen LogP contribution is 2.28. The number of furan rings is 1. The molecule has 1 unspecified atom stereocenters. The summed E-state index contributed by atoms with van der Waals surface area (Å²) < 4.78 is 39.9. The molecule has 4 rings (SSSR count). The van der Waals surface area contributed by atoms with Crippen molar-refractivity contribution in [2.45, 2.75) is 43.3 Å². The molecule has 1 N–H and O–H groups in total. The van der Waals surface area contributed by atoms with Gasteiger partial charge >= 0.3 is 0 Å². The van der Waals surface area contributed by atoms with Gasteiger partial charge in [-0.05, 0) is 49.6 Å². The Bertz CT molecular complexity index is 1140. The van der Waals surface area contributed by atoms with Crippen molar-refractivity contribution in [1.29, 1.82) is 0 Å². The SMILES string of the molecule is COCCCn1nnc2cc(S(=O)(=O)N3CCCC3C(=O)NCc3ccco3)ccc21. The smallest absolute Gasteiger partial charge is 0.243 e. The summed E-state index contributed by atoms with van der Waals surface area (Å²) in [7, 11) is -2.22. The summed E-state index contributed by atoms with van der Waals surface area (Å²) in [5.74, 6) is 0.280. The van der Waals surface area contributed by atoms with E-state index in [4.69, 9.17) is 9.15 Å². The maximum Gasteiger partial charge on any atom is 0.243 e. The Morgan fingerprint density at radius 3 is 3.00 bits per heavy atom. The van der Waals surface area contributed by atoms with Gasteiger partial charge in [0.05, 0.1) is 23.2 Å². The van der Waals surface area contributed by atoms with Crippen molar-refractivity contribution < 1.29 is 22.4 Å². The van der Waals surface area contributed by atoms with E-state index < -0.39 is 16.1 Å². The fraction of sp³-hybridized carbons (Fsp3) is 0.450. The average Bonchev–Trinajstić information content (AvgIpc) is 3.52. The fourth-order valence-corrected chi connectivity index (χ4v) is 5.44. The van der Waals surface area contributed by atoms with Crippen LogP contribution >= 0.6 is 0 Å². The van der Waals surface area contributed by atoms with Gasteiger partial charge in [0.2, 0.25) is 15.9 Å². The summed E-state index contributed by atoms with van der Waals surface area (Å²) in [6.45, 7) is 1.74. The molecule has 3 aromatic rings. The van der Waals surface area contributed by atoms with Crippen LogP contribution in [0.2, 0.25) is 0 Å². The highest BCUT2D eigenvalue weighted by atomic mass is 32.2. The third kappa shape index (κ3) is 4.48. The number of ether oxygens (including phenoxy) is 1. The van der Waals surface area contributed by atoms with E-state index in [2.05, 4.69) is 15.6 Å². The summed E-state index contributed by atoms with van der Waals surface area (Å²) >= 11 is 0. The Kier molecular flexibility index (Phi) is 6.35. The molecule has 2 aromatic heterocycles. The molecular formula is C20H25N5O5S. The summed E-state index contributed by atoms with van der Waals surface area (Å²) in [5.41, 5.74) is 1.25. The highest BCUT2D eigenvalue weighted by Gasteiger charge is 2.39. The van der Waals surface area contributed by atoms with Crippen LogP contribution in [0.1, 0.15) is 25.0 Å². The van der Waals surface area contributed by atoms with Gasteiger partial charge in [-0.1, -0.05) is 5.21 Å². The monoisotopic (exact) mass is 447 g/mol. The first-order chi connectivity index (χ1) is 15.0. The van der Waals surface area contributed by atoms with E-state index in [1.807, 2.05) is 0 Å². The van der Waals surface area contributed by atoms with Crippen LogP contribution in [0.4, 0.5) is 0 Å². The number of carbonyl (C=O) groups is 1. The van der Waals surface area contributed by atoms with Crippen LogP contribution in [0.3, 0.4) is 0 Å². The first-order valence-electron chi connectivity index (χ1n) is 10.1. The Morgan fingerprint density at radius 1 is 1.35 bits per heavy atom. The number of amides is 1. The van der Waals surface area contributed by atoms with Gasteiger partial charge < -0.3 is 14.5 Å². The molecule has 166 valence electrons. The molecular weight excluding hydrogens is 422 g/mol. The molecule has 0 spiro atoms. The van der Waals surface area contributed by atoms with Crippen LogP contribution in [0.5, 0.6) is 0 Å². The quantitative estimate of drug-likeness (QED) is 0.494. The number of nitrogens with one attached hydrogen (secondary N) is 1. The molecule has 1 saturated heterocycles. The molecule has 1 amide bonds. The number of methoxy groups -OCH3 is 1. The van der Waals surface area contributed by atoms with Gasteiger partial charge in [0.15, 0.2) is 0 Å². The fourth-order valence-electron chi connectivity index (χ4n) is 3.77. The number of nitrogens with zero attached hydrogens (tertiary/aromatic N) is 4. The molecule has 0 bridgehead atoms. The number of carbonyl (C=O) groups excluding carboxylic acids is 1. The molecule has 0 radical (unpaired) electrons. The topological polar surface area (TPSA) is 120 Å². The number of benzene rings is 1. The molecule has 0 saturated carbocycles. The second kappa shape index (κ2) is 9.16. The zero-order valence-corrected chi connectivity index (χ0v) is 18.0. The number of rotatable bonds is 9. The summed E-state index contributed by atoms with van der Waals surface area (Å²) in [4.78, 5) is 12.8. The third-order valence-electron chi connectivity index (χ3n) is 5.33. The van der Waals surface area contributed by atoms with Crippen molar-refractivity contribution in [1.82, 2.24) is 24.6 Å². The van der Waals surface area contributed by atoms with E-state index in [1.165, 1.54) is 16.6 Å². The summed E-state index contributed by atoms with van der Waals surface area (Å²) in [6, 6.07) is 7.50. The minimum atomic E-state index is -3.86. The number of aromatic nitrogens is 3. The van der Waals surface area contributed by atoms with Gasteiger partial charge in [-0.15, -0.1) is 5.10 Å². The van der Waals surface area contributed by atoms with Crippen molar-refractivity contribution in [3.8, 4) is 0 Å². The Morgan fingerprint density at radius 2 is 2.23 bits per heavy atom. The van der Waals surface area contributed by atoms with E-state index in [0.717, 1.165) is 11.9 Å². The zero-order valence-electron chi connectivity index (χ0n) is 17.2. The van der Waals surface area contributed by atoms with Crippen molar-refractivity contribution in [2.24, 2.45) is 0 Å².